The Morgan fingerprint density at radius 1 is 1.30 bits per heavy atom. The molecule has 0 aromatic rings. The maximum Gasteiger partial charge on any atom is 0.323 e. The van der Waals surface area contributed by atoms with Crippen LogP contribution < -0.4 is 5.32 Å². The van der Waals surface area contributed by atoms with E-state index < -0.39 is 11.5 Å². The zero-order valence-corrected chi connectivity index (χ0v) is 13.3. The number of likely N-dealkylation sites (N-methyl/N-ethyl adjacent to an activating group) is 1. The average Bonchev–Trinajstić information content (AvgIpc) is 2.40. The van der Waals surface area contributed by atoms with Gasteiger partial charge in [0.15, 0.2) is 0 Å². The van der Waals surface area contributed by atoms with E-state index in [2.05, 4.69) is 12.2 Å². The lowest BCUT2D eigenvalue weighted by molar-refractivity contribution is -0.144. The molecule has 1 fully saturated rings. The molecule has 0 aliphatic heterocycles. The van der Waals surface area contributed by atoms with Gasteiger partial charge in [0.2, 0.25) is 0 Å². The number of carboxylic acids is 1. The molecule has 1 aliphatic rings. The van der Waals surface area contributed by atoms with Crippen LogP contribution in [0.2, 0.25) is 0 Å². The fourth-order valence-electron chi connectivity index (χ4n) is 2.89. The number of carboxylic acid groups (broad SMARTS) is 1. The van der Waals surface area contributed by atoms with Gasteiger partial charge in [0.25, 0.3) is 0 Å². The number of unbranched alkanes of at least 4 members (excludes halogenated alkanes) is 1. The Bertz CT molecular complexity index is 287. The van der Waals surface area contributed by atoms with Gasteiger partial charge in [0.1, 0.15) is 5.54 Å². The van der Waals surface area contributed by atoms with Gasteiger partial charge in [-0.05, 0) is 64.3 Å². The van der Waals surface area contributed by atoms with Gasteiger partial charge in [-0.15, -0.1) is 0 Å². The van der Waals surface area contributed by atoms with E-state index in [-0.39, 0.29) is 0 Å². The Morgan fingerprint density at radius 3 is 2.50 bits per heavy atom. The van der Waals surface area contributed by atoms with Crippen LogP contribution in [0.3, 0.4) is 0 Å². The van der Waals surface area contributed by atoms with Crippen molar-refractivity contribution < 1.29 is 14.6 Å². The molecule has 118 valence electrons. The molecule has 1 atom stereocenters. The number of nitrogens with one attached hydrogen (secondary N) is 1. The summed E-state index contributed by atoms with van der Waals surface area (Å²) in [5.74, 6) is 0.0905. The van der Waals surface area contributed by atoms with Gasteiger partial charge >= 0.3 is 5.97 Å². The molecule has 1 unspecified atom stereocenters. The van der Waals surface area contributed by atoms with Gasteiger partial charge in [0.05, 0.1) is 6.10 Å². The van der Waals surface area contributed by atoms with E-state index in [1.54, 1.807) is 6.92 Å². The summed E-state index contributed by atoms with van der Waals surface area (Å²) in [5.41, 5.74) is -0.797. The normalized spacial score (nSPS) is 26.1. The summed E-state index contributed by atoms with van der Waals surface area (Å²) in [6.07, 6.45) is 7.85. The fraction of sp³-hybridized carbons (Fsp3) is 0.938. The zero-order chi connectivity index (χ0) is 15.0. The van der Waals surface area contributed by atoms with E-state index in [0.29, 0.717) is 19.1 Å². The van der Waals surface area contributed by atoms with Gasteiger partial charge in [-0.2, -0.15) is 0 Å². The van der Waals surface area contributed by atoms with Crippen LogP contribution >= 0.6 is 0 Å². The van der Waals surface area contributed by atoms with Crippen LogP contribution in [-0.4, -0.2) is 35.9 Å². The molecule has 0 spiro atoms. The molecule has 0 bridgehead atoms. The van der Waals surface area contributed by atoms with E-state index in [0.717, 1.165) is 25.4 Å². The third-order valence-electron chi connectivity index (χ3n) is 4.43. The van der Waals surface area contributed by atoms with Gasteiger partial charge in [-0.1, -0.05) is 13.8 Å². The van der Waals surface area contributed by atoms with E-state index in [1.165, 1.54) is 25.7 Å². The third kappa shape index (κ3) is 5.80. The van der Waals surface area contributed by atoms with E-state index in [9.17, 15) is 9.90 Å². The predicted octanol–water partition coefficient (Wildman–Crippen LogP) is 3.20. The third-order valence-corrected chi connectivity index (χ3v) is 4.43. The molecule has 0 radical (unpaired) electrons. The maximum absolute atomic E-state index is 11.3. The van der Waals surface area contributed by atoms with Crippen molar-refractivity contribution in [1.82, 2.24) is 5.32 Å². The summed E-state index contributed by atoms with van der Waals surface area (Å²) in [5, 5.41) is 12.3. The second-order valence-corrected chi connectivity index (χ2v) is 6.38. The molecule has 20 heavy (non-hydrogen) atoms. The van der Waals surface area contributed by atoms with Crippen LogP contribution in [0.25, 0.3) is 0 Å². The minimum absolute atomic E-state index is 0.436. The molecule has 0 saturated heterocycles. The first kappa shape index (κ1) is 17.4. The molecular weight excluding hydrogens is 254 g/mol. The van der Waals surface area contributed by atoms with Crippen molar-refractivity contribution in [3.63, 3.8) is 0 Å². The summed E-state index contributed by atoms with van der Waals surface area (Å²) >= 11 is 0. The van der Waals surface area contributed by atoms with E-state index >= 15 is 0 Å². The van der Waals surface area contributed by atoms with Crippen molar-refractivity contribution in [2.24, 2.45) is 5.92 Å². The molecule has 1 rings (SSSR count). The van der Waals surface area contributed by atoms with Gasteiger partial charge in [-0.25, -0.2) is 0 Å². The number of ether oxygens (including phenoxy) is 1. The van der Waals surface area contributed by atoms with E-state index in [1.807, 2.05) is 6.92 Å². The molecule has 0 aromatic carbocycles. The molecule has 2 N–H and O–H groups in total. The van der Waals surface area contributed by atoms with Crippen molar-refractivity contribution in [3.05, 3.63) is 0 Å². The topological polar surface area (TPSA) is 58.6 Å². The summed E-state index contributed by atoms with van der Waals surface area (Å²) in [7, 11) is 0. The van der Waals surface area contributed by atoms with Gasteiger partial charge in [0, 0.05) is 6.61 Å². The molecular formula is C16H31NO3. The van der Waals surface area contributed by atoms with Crippen LogP contribution in [-0.2, 0) is 9.53 Å². The van der Waals surface area contributed by atoms with Crippen molar-refractivity contribution in [3.8, 4) is 0 Å². The number of aliphatic carboxylic acids is 1. The van der Waals surface area contributed by atoms with Gasteiger partial charge < -0.3 is 15.2 Å². The van der Waals surface area contributed by atoms with Crippen LogP contribution in [0.4, 0.5) is 0 Å². The Balaban J connectivity index is 2.13. The van der Waals surface area contributed by atoms with Crippen molar-refractivity contribution in [2.75, 3.05) is 13.2 Å². The first-order valence-electron chi connectivity index (χ1n) is 8.08. The highest BCUT2D eigenvalue weighted by atomic mass is 16.5. The molecule has 1 aliphatic carbocycles. The Kier molecular flexibility index (Phi) is 7.52. The molecule has 1 saturated carbocycles. The number of hydrogen-bond donors (Lipinski definition) is 2. The summed E-state index contributed by atoms with van der Waals surface area (Å²) in [4.78, 5) is 11.3. The van der Waals surface area contributed by atoms with E-state index in [4.69, 9.17) is 4.74 Å². The Hall–Kier alpha value is -0.610. The average molecular weight is 285 g/mol. The fourth-order valence-corrected chi connectivity index (χ4v) is 2.89. The largest absolute Gasteiger partial charge is 0.480 e. The highest BCUT2D eigenvalue weighted by Gasteiger charge is 2.31. The Morgan fingerprint density at radius 2 is 1.95 bits per heavy atom. The predicted molar refractivity (Wildman–Crippen MR) is 80.9 cm³/mol. The monoisotopic (exact) mass is 285 g/mol. The van der Waals surface area contributed by atoms with Crippen molar-refractivity contribution in [2.45, 2.75) is 77.4 Å². The maximum atomic E-state index is 11.3. The number of carbonyl (C=O) groups is 1. The van der Waals surface area contributed by atoms with Crippen molar-refractivity contribution >= 4 is 5.97 Å². The molecule has 0 heterocycles. The van der Waals surface area contributed by atoms with Crippen molar-refractivity contribution in [1.29, 1.82) is 0 Å². The standard InChI is InChI=1S/C16H31NO3/c1-4-17-16(3,15(18)19)11-5-6-12-20-14-9-7-13(2)8-10-14/h13-14,17H,4-12H2,1-3H3,(H,18,19). The highest BCUT2D eigenvalue weighted by molar-refractivity contribution is 5.78. The van der Waals surface area contributed by atoms with Crippen LogP contribution in [0.1, 0.15) is 65.7 Å². The van der Waals surface area contributed by atoms with Crippen LogP contribution in [0, 0.1) is 5.92 Å². The number of hydrogen-bond acceptors (Lipinski definition) is 3. The molecule has 0 amide bonds. The lowest BCUT2D eigenvalue weighted by atomic mass is 9.89. The SMILES string of the molecule is CCNC(C)(CCCCOC1CCC(C)CC1)C(=O)O. The Labute approximate surface area is 123 Å². The summed E-state index contributed by atoms with van der Waals surface area (Å²) in [6.45, 7) is 7.46. The summed E-state index contributed by atoms with van der Waals surface area (Å²) < 4.78 is 5.90. The summed E-state index contributed by atoms with van der Waals surface area (Å²) in [6, 6.07) is 0. The molecule has 4 nitrogen and oxygen atoms in total. The smallest absolute Gasteiger partial charge is 0.323 e. The highest BCUT2D eigenvalue weighted by Crippen LogP contribution is 2.25. The zero-order valence-electron chi connectivity index (χ0n) is 13.3. The lowest BCUT2D eigenvalue weighted by Gasteiger charge is -2.27. The second kappa shape index (κ2) is 8.63. The quantitative estimate of drug-likeness (QED) is 0.639. The first-order chi connectivity index (χ1) is 9.48. The van der Waals surface area contributed by atoms with Crippen LogP contribution in [0.15, 0.2) is 0 Å². The second-order valence-electron chi connectivity index (χ2n) is 6.38. The van der Waals surface area contributed by atoms with Gasteiger partial charge in [-0.3, -0.25) is 4.79 Å². The lowest BCUT2D eigenvalue weighted by Crippen LogP contribution is -2.49. The molecule has 0 aromatic heterocycles. The first-order valence-corrected chi connectivity index (χ1v) is 8.08. The molecule has 4 heteroatoms. The minimum atomic E-state index is -0.797. The number of rotatable bonds is 9. The minimum Gasteiger partial charge on any atom is -0.480 e. The van der Waals surface area contributed by atoms with Crippen LogP contribution in [0.5, 0.6) is 0 Å².